The van der Waals surface area contributed by atoms with E-state index in [1.54, 1.807) is 17.0 Å². The molecule has 24 heavy (non-hydrogen) atoms. The fourth-order valence-electron chi connectivity index (χ4n) is 2.47. The number of nitrogens with one attached hydrogen (secondary N) is 1. The van der Waals surface area contributed by atoms with E-state index in [0.717, 1.165) is 22.8 Å². The lowest BCUT2D eigenvalue weighted by Gasteiger charge is -2.13. The second kappa shape index (κ2) is 6.62. The minimum Gasteiger partial charge on any atom is -0.463 e. The van der Waals surface area contributed by atoms with Gasteiger partial charge in [-0.15, -0.1) is 0 Å². The molecule has 2 aromatic heterocycles. The van der Waals surface area contributed by atoms with Gasteiger partial charge in [-0.25, -0.2) is 0 Å². The zero-order valence-electron chi connectivity index (χ0n) is 14.0. The summed E-state index contributed by atoms with van der Waals surface area (Å²) in [5, 5.41) is 7.32. The molecular formula is C18H20N4O2. The lowest BCUT2D eigenvalue weighted by molar-refractivity contribution is 0.0950. The molecule has 1 aromatic carbocycles. The first kappa shape index (κ1) is 15.9. The normalized spacial score (nSPS) is 10.6. The van der Waals surface area contributed by atoms with Crippen molar-refractivity contribution < 1.29 is 9.21 Å². The van der Waals surface area contributed by atoms with Crippen LogP contribution in [0.4, 0.5) is 5.69 Å². The summed E-state index contributed by atoms with van der Waals surface area (Å²) in [5.74, 6) is 0.630. The molecule has 0 fully saturated rings. The van der Waals surface area contributed by atoms with E-state index in [2.05, 4.69) is 10.4 Å². The van der Waals surface area contributed by atoms with E-state index < -0.39 is 0 Å². The van der Waals surface area contributed by atoms with Gasteiger partial charge in [0.25, 0.3) is 5.91 Å². The molecule has 0 spiro atoms. The highest BCUT2D eigenvalue weighted by molar-refractivity contribution is 5.95. The van der Waals surface area contributed by atoms with Crippen LogP contribution >= 0.6 is 0 Å². The van der Waals surface area contributed by atoms with Crippen LogP contribution in [0.15, 0.2) is 53.1 Å². The van der Waals surface area contributed by atoms with Crippen LogP contribution < -0.4 is 10.2 Å². The summed E-state index contributed by atoms with van der Waals surface area (Å²) >= 11 is 0. The van der Waals surface area contributed by atoms with E-state index in [9.17, 15) is 4.79 Å². The number of hydrogen-bond acceptors (Lipinski definition) is 4. The number of aromatic nitrogens is 2. The third-order valence-corrected chi connectivity index (χ3v) is 3.76. The SMILES string of the molecule is CN(C)c1cccc(C(=O)NCc2cc(-c3ccco3)n(C)n2)c1. The van der Waals surface area contributed by atoms with E-state index >= 15 is 0 Å². The van der Waals surface area contributed by atoms with Crippen LogP contribution in [0.1, 0.15) is 16.1 Å². The molecule has 0 saturated heterocycles. The fraction of sp³-hybridized carbons (Fsp3) is 0.222. The number of benzene rings is 1. The molecule has 6 heteroatoms. The maximum Gasteiger partial charge on any atom is 0.251 e. The van der Waals surface area contributed by atoms with Gasteiger partial charge in [0.05, 0.1) is 18.5 Å². The Morgan fingerprint density at radius 2 is 2.08 bits per heavy atom. The number of carbonyl (C=O) groups excluding carboxylic acids is 1. The number of nitrogens with zero attached hydrogens (tertiary/aromatic N) is 3. The Bertz CT molecular complexity index is 835. The molecule has 0 radical (unpaired) electrons. The van der Waals surface area contributed by atoms with Crippen LogP contribution in [0.5, 0.6) is 0 Å². The first-order chi connectivity index (χ1) is 11.5. The summed E-state index contributed by atoms with van der Waals surface area (Å²) in [6.07, 6.45) is 1.63. The summed E-state index contributed by atoms with van der Waals surface area (Å²) in [4.78, 5) is 14.3. The van der Waals surface area contributed by atoms with Crippen molar-refractivity contribution in [2.45, 2.75) is 6.54 Å². The molecule has 0 aliphatic rings. The molecule has 0 unspecified atom stereocenters. The number of aryl methyl sites for hydroxylation is 1. The van der Waals surface area contributed by atoms with Crippen LogP contribution in [0.3, 0.4) is 0 Å². The van der Waals surface area contributed by atoms with Crippen LogP contribution in [-0.4, -0.2) is 29.8 Å². The predicted octanol–water partition coefficient (Wildman–Crippen LogP) is 2.68. The first-order valence-electron chi connectivity index (χ1n) is 7.67. The Balaban J connectivity index is 1.69. The molecular weight excluding hydrogens is 304 g/mol. The van der Waals surface area contributed by atoms with Gasteiger partial charge < -0.3 is 14.6 Å². The largest absolute Gasteiger partial charge is 0.463 e. The van der Waals surface area contributed by atoms with E-state index in [0.29, 0.717) is 12.1 Å². The van der Waals surface area contributed by atoms with Crippen LogP contribution in [0.2, 0.25) is 0 Å². The zero-order chi connectivity index (χ0) is 17.1. The molecule has 0 atom stereocenters. The molecule has 124 valence electrons. The van der Waals surface area contributed by atoms with Crippen molar-refractivity contribution in [2.24, 2.45) is 7.05 Å². The van der Waals surface area contributed by atoms with Gasteiger partial charge in [0.15, 0.2) is 5.76 Å². The van der Waals surface area contributed by atoms with E-state index in [4.69, 9.17) is 4.42 Å². The number of anilines is 1. The van der Waals surface area contributed by atoms with Gasteiger partial charge in [0.1, 0.15) is 5.69 Å². The highest BCUT2D eigenvalue weighted by Gasteiger charge is 2.12. The molecule has 1 amide bonds. The van der Waals surface area contributed by atoms with Crippen LogP contribution in [0, 0.1) is 0 Å². The highest BCUT2D eigenvalue weighted by Crippen LogP contribution is 2.20. The van der Waals surface area contributed by atoms with Crippen molar-refractivity contribution in [3.8, 4) is 11.5 Å². The van der Waals surface area contributed by atoms with Gasteiger partial charge in [0.2, 0.25) is 0 Å². The second-order valence-corrected chi connectivity index (χ2v) is 5.75. The van der Waals surface area contributed by atoms with Crippen molar-refractivity contribution in [3.63, 3.8) is 0 Å². The van der Waals surface area contributed by atoms with Gasteiger partial charge in [0, 0.05) is 32.4 Å². The Hall–Kier alpha value is -3.02. The maximum absolute atomic E-state index is 12.3. The molecule has 0 bridgehead atoms. The fourth-order valence-corrected chi connectivity index (χ4v) is 2.47. The van der Waals surface area contributed by atoms with Crippen molar-refractivity contribution >= 4 is 11.6 Å². The molecule has 0 aliphatic heterocycles. The molecule has 1 N–H and O–H groups in total. The average molecular weight is 324 g/mol. The lowest BCUT2D eigenvalue weighted by atomic mass is 10.2. The summed E-state index contributed by atoms with van der Waals surface area (Å²) in [6.45, 7) is 0.361. The molecule has 3 rings (SSSR count). The van der Waals surface area contributed by atoms with Gasteiger partial charge in [-0.1, -0.05) is 6.07 Å². The van der Waals surface area contributed by atoms with Gasteiger partial charge >= 0.3 is 0 Å². The molecule has 0 saturated carbocycles. The van der Waals surface area contributed by atoms with E-state index in [1.807, 2.05) is 62.4 Å². The molecule has 0 aliphatic carbocycles. The summed E-state index contributed by atoms with van der Waals surface area (Å²) in [5.41, 5.74) is 3.27. The van der Waals surface area contributed by atoms with Crippen molar-refractivity contribution in [3.05, 3.63) is 60.0 Å². The summed E-state index contributed by atoms with van der Waals surface area (Å²) < 4.78 is 7.13. The van der Waals surface area contributed by atoms with E-state index in [1.165, 1.54) is 0 Å². The van der Waals surface area contributed by atoms with Crippen molar-refractivity contribution in [1.82, 2.24) is 15.1 Å². The van der Waals surface area contributed by atoms with Crippen LogP contribution in [0.25, 0.3) is 11.5 Å². The number of carbonyl (C=O) groups is 1. The average Bonchev–Trinajstić information content (AvgIpc) is 3.22. The number of rotatable bonds is 5. The highest BCUT2D eigenvalue weighted by atomic mass is 16.3. The Kier molecular flexibility index (Phi) is 4.37. The standard InChI is InChI=1S/C18H20N4O2/c1-21(2)15-7-4-6-13(10-15)18(23)19-12-14-11-16(22(3)20-14)17-8-5-9-24-17/h4-11H,12H2,1-3H3,(H,19,23). The summed E-state index contributed by atoms with van der Waals surface area (Å²) in [7, 11) is 5.74. The topological polar surface area (TPSA) is 63.3 Å². The minimum absolute atomic E-state index is 0.121. The second-order valence-electron chi connectivity index (χ2n) is 5.75. The predicted molar refractivity (Wildman–Crippen MR) is 92.8 cm³/mol. The Morgan fingerprint density at radius 3 is 2.79 bits per heavy atom. The maximum atomic E-state index is 12.3. The summed E-state index contributed by atoms with van der Waals surface area (Å²) in [6, 6.07) is 13.1. The van der Waals surface area contributed by atoms with Crippen molar-refractivity contribution in [1.29, 1.82) is 0 Å². The molecule has 6 nitrogen and oxygen atoms in total. The minimum atomic E-state index is -0.121. The van der Waals surface area contributed by atoms with E-state index in [-0.39, 0.29) is 5.91 Å². The Labute approximate surface area is 140 Å². The first-order valence-corrected chi connectivity index (χ1v) is 7.67. The molecule has 3 aromatic rings. The van der Waals surface area contributed by atoms with Gasteiger partial charge in [-0.3, -0.25) is 9.48 Å². The van der Waals surface area contributed by atoms with Crippen molar-refractivity contribution in [2.75, 3.05) is 19.0 Å². The third-order valence-electron chi connectivity index (χ3n) is 3.76. The monoisotopic (exact) mass is 324 g/mol. The smallest absolute Gasteiger partial charge is 0.251 e. The third kappa shape index (κ3) is 3.32. The number of furan rings is 1. The number of hydrogen-bond donors (Lipinski definition) is 1. The lowest BCUT2D eigenvalue weighted by Crippen LogP contribution is -2.23. The van der Waals surface area contributed by atoms with Crippen LogP contribution in [-0.2, 0) is 13.6 Å². The van der Waals surface area contributed by atoms with Gasteiger partial charge in [-0.05, 0) is 36.4 Å². The molecule has 2 heterocycles. The Morgan fingerprint density at radius 1 is 1.25 bits per heavy atom. The number of amides is 1. The zero-order valence-corrected chi connectivity index (χ0v) is 14.0. The van der Waals surface area contributed by atoms with Gasteiger partial charge in [-0.2, -0.15) is 5.10 Å². The quantitative estimate of drug-likeness (QED) is 0.784.